The quantitative estimate of drug-likeness (QED) is 0.0215. The topological polar surface area (TPSA) is 189 Å². The summed E-state index contributed by atoms with van der Waals surface area (Å²) in [6.45, 7) is 3.49. The molecule has 0 aromatic rings. The van der Waals surface area contributed by atoms with Crippen molar-refractivity contribution in [1.29, 1.82) is 0 Å². The largest absolute Gasteiger partial charge is 0.394 e. The fraction of sp³-hybridized carbons (Fsp3) is 0.928. The fourth-order valence-corrected chi connectivity index (χ4v) is 11.4. The third kappa shape index (κ3) is 45.0. The molecule has 1 heterocycles. The minimum Gasteiger partial charge on any atom is -0.394 e. The number of carbonyl (C=O) groups is 1. The minimum atomic E-state index is -1.67. The molecule has 1 aliphatic heterocycles. The molecule has 8 N–H and O–H groups in total. The molecule has 0 aliphatic carbocycles. The Morgan fingerprint density at radius 3 is 1.07 bits per heavy atom. The van der Waals surface area contributed by atoms with E-state index in [1.165, 1.54) is 263 Å². The molecule has 474 valence electrons. The number of aliphatic hydroxyl groups excluding tert-OH is 7. The van der Waals surface area contributed by atoms with E-state index in [9.17, 15) is 40.5 Å². The molecular formula is C69H133NO10. The Morgan fingerprint density at radius 1 is 0.425 bits per heavy atom. The first-order valence-corrected chi connectivity index (χ1v) is 34.7. The van der Waals surface area contributed by atoms with Gasteiger partial charge in [-0.05, 0) is 64.2 Å². The van der Waals surface area contributed by atoms with Crippen LogP contribution in [0, 0.1) is 0 Å². The highest BCUT2D eigenvalue weighted by atomic mass is 16.7. The fourth-order valence-electron chi connectivity index (χ4n) is 11.4. The van der Waals surface area contributed by atoms with E-state index in [1.807, 2.05) is 0 Å². The lowest BCUT2D eigenvalue weighted by atomic mass is 9.98. The molecule has 0 radical (unpaired) electrons. The molecule has 1 rings (SSSR count). The Balaban J connectivity index is 2.17. The Bertz CT molecular complexity index is 1350. The molecule has 0 saturated carbocycles. The zero-order chi connectivity index (χ0) is 58.2. The minimum absolute atomic E-state index is 0.257. The van der Waals surface area contributed by atoms with Gasteiger partial charge >= 0.3 is 0 Å². The molecule has 0 spiro atoms. The van der Waals surface area contributed by atoms with Crippen LogP contribution < -0.4 is 5.32 Å². The highest BCUT2D eigenvalue weighted by molar-refractivity contribution is 5.80. The molecule has 0 aromatic heterocycles. The number of carbonyl (C=O) groups excluding carboxylic acids is 1. The second-order valence-electron chi connectivity index (χ2n) is 24.6. The maximum Gasteiger partial charge on any atom is 0.249 e. The van der Waals surface area contributed by atoms with Crippen molar-refractivity contribution >= 4 is 5.91 Å². The highest BCUT2D eigenvalue weighted by Gasteiger charge is 2.44. The molecule has 0 aromatic carbocycles. The second kappa shape index (κ2) is 58.0. The van der Waals surface area contributed by atoms with Gasteiger partial charge < -0.3 is 50.5 Å². The smallest absolute Gasteiger partial charge is 0.249 e. The van der Waals surface area contributed by atoms with Gasteiger partial charge in [0.15, 0.2) is 6.29 Å². The highest BCUT2D eigenvalue weighted by Crippen LogP contribution is 2.24. The first-order chi connectivity index (χ1) is 39.2. The van der Waals surface area contributed by atoms with Gasteiger partial charge in [-0.15, -0.1) is 0 Å². The molecule has 11 nitrogen and oxygen atoms in total. The van der Waals surface area contributed by atoms with Gasteiger partial charge in [0.1, 0.15) is 36.6 Å². The molecule has 1 fully saturated rings. The van der Waals surface area contributed by atoms with Crippen molar-refractivity contribution in [3.63, 3.8) is 0 Å². The Morgan fingerprint density at radius 2 is 0.738 bits per heavy atom. The average Bonchev–Trinajstić information content (AvgIpc) is 3.47. The van der Waals surface area contributed by atoms with Crippen molar-refractivity contribution in [1.82, 2.24) is 5.32 Å². The maximum atomic E-state index is 13.2. The van der Waals surface area contributed by atoms with Gasteiger partial charge in [-0.1, -0.05) is 301 Å². The maximum absolute atomic E-state index is 13.2. The number of rotatable bonds is 61. The van der Waals surface area contributed by atoms with Gasteiger partial charge in [0.2, 0.25) is 5.91 Å². The predicted octanol–water partition coefficient (Wildman–Crippen LogP) is 16.4. The second-order valence-corrected chi connectivity index (χ2v) is 24.6. The monoisotopic (exact) mass is 1140 g/mol. The molecule has 0 bridgehead atoms. The van der Waals surface area contributed by atoms with Crippen LogP contribution in [0.3, 0.4) is 0 Å². The number of allylic oxidation sites excluding steroid dienone is 4. The average molecular weight is 1140 g/mol. The summed E-state index contributed by atoms with van der Waals surface area (Å²) in [4.78, 5) is 13.2. The van der Waals surface area contributed by atoms with Crippen LogP contribution in [0.15, 0.2) is 24.3 Å². The first kappa shape index (κ1) is 76.6. The van der Waals surface area contributed by atoms with E-state index in [-0.39, 0.29) is 12.8 Å². The van der Waals surface area contributed by atoms with Crippen molar-refractivity contribution in [2.75, 3.05) is 13.2 Å². The van der Waals surface area contributed by atoms with Crippen molar-refractivity contribution in [2.45, 2.75) is 396 Å². The number of amides is 1. The van der Waals surface area contributed by atoms with E-state index in [2.05, 4.69) is 43.5 Å². The van der Waals surface area contributed by atoms with Crippen molar-refractivity contribution < 1.29 is 50.0 Å². The molecule has 1 saturated heterocycles. The van der Waals surface area contributed by atoms with E-state index in [0.29, 0.717) is 12.8 Å². The van der Waals surface area contributed by atoms with Crippen LogP contribution in [-0.4, -0.2) is 110 Å². The number of aliphatic hydroxyl groups is 7. The molecule has 80 heavy (non-hydrogen) atoms. The third-order valence-corrected chi connectivity index (χ3v) is 17.0. The Labute approximate surface area is 493 Å². The number of nitrogens with one attached hydrogen (secondary N) is 1. The van der Waals surface area contributed by atoms with Crippen LogP contribution in [0.4, 0.5) is 0 Å². The van der Waals surface area contributed by atoms with Gasteiger partial charge in [-0.3, -0.25) is 4.79 Å². The SMILES string of the molecule is CCCCCCCCCCCCCCCC/C=C\CCCCCCCCCCCCCCCCCCC(O)C(=O)NC(COC1OC(CO)C(O)C(O)C1O)C(O)C(O)CCC/C=C/CCCCCCCCCCCCCCCC. The van der Waals surface area contributed by atoms with Gasteiger partial charge in [-0.2, -0.15) is 0 Å². The Kier molecular flexibility index (Phi) is 55.5. The van der Waals surface area contributed by atoms with E-state index in [0.717, 1.165) is 38.5 Å². The van der Waals surface area contributed by atoms with Crippen molar-refractivity contribution in [3.05, 3.63) is 24.3 Å². The standard InChI is InChI=1S/C69H133NO10/c1-3-5-7-9-11-13-15-17-19-21-23-24-25-26-27-28-29-30-31-32-33-34-35-36-37-39-41-43-45-47-49-51-53-55-57-62(73)68(78)70-60(59-79-69-67(77)66(76)65(75)63(58-71)80-69)64(74)61(72)56-54-52-50-48-46-44-42-40-38-22-20-18-16-14-12-10-8-6-4-2/h28-29,48,50,60-67,69,71-77H,3-27,30-47,49,51-59H2,1-2H3,(H,70,78)/b29-28-,50-48+. The summed E-state index contributed by atoms with van der Waals surface area (Å²) in [6, 6.07) is -1.18. The van der Waals surface area contributed by atoms with Crippen LogP contribution in [0.1, 0.15) is 341 Å². The van der Waals surface area contributed by atoms with Crippen molar-refractivity contribution in [2.24, 2.45) is 0 Å². The lowest BCUT2D eigenvalue weighted by molar-refractivity contribution is -0.303. The molecule has 11 heteroatoms. The lowest BCUT2D eigenvalue weighted by Gasteiger charge is -2.40. The number of hydrogen-bond acceptors (Lipinski definition) is 10. The Hall–Kier alpha value is -1.41. The first-order valence-electron chi connectivity index (χ1n) is 34.7. The zero-order valence-electron chi connectivity index (χ0n) is 52.3. The molecule has 1 amide bonds. The summed E-state index contributed by atoms with van der Waals surface area (Å²) in [5, 5.41) is 76.4. The zero-order valence-corrected chi connectivity index (χ0v) is 52.3. The van der Waals surface area contributed by atoms with Crippen molar-refractivity contribution in [3.8, 4) is 0 Å². The number of unbranched alkanes of at least 4 members (excludes halogenated alkanes) is 45. The number of hydrogen-bond donors (Lipinski definition) is 8. The molecule has 1 aliphatic rings. The predicted molar refractivity (Wildman–Crippen MR) is 335 cm³/mol. The van der Waals surface area contributed by atoms with E-state index >= 15 is 0 Å². The third-order valence-electron chi connectivity index (χ3n) is 17.0. The van der Waals surface area contributed by atoms with Crippen LogP contribution in [0.25, 0.3) is 0 Å². The van der Waals surface area contributed by atoms with Crippen LogP contribution in [0.5, 0.6) is 0 Å². The van der Waals surface area contributed by atoms with Crippen LogP contribution in [0.2, 0.25) is 0 Å². The van der Waals surface area contributed by atoms with Crippen LogP contribution >= 0.6 is 0 Å². The lowest BCUT2D eigenvalue weighted by Crippen LogP contribution is -2.60. The summed E-state index contributed by atoms with van der Waals surface area (Å²) in [5.74, 6) is -0.700. The van der Waals surface area contributed by atoms with Gasteiger partial charge in [0, 0.05) is 0 Å². The molecular weight excluding hydrogens is 1000 g/mol. The van der Waals surface area contributed by atoms with E-state index < -0.39 is 74.2 Å². The van der Waals surface area contributed by atoms with Crippen LogP contribution in [-0.2, 0) is 14.3 Å². The van der Waals surface area contributed by atoms with E-state index in [1.54, 1.807) is 0 Å². The van der Waals surface area contributed by atoms with Gasteiger partial charge in [0.05, 0.1) is 25.4 Å². The summed E-state index contributed by atoms with van der Waals surface area (Å²) in [6.07, 6.45) is 61.3. The normalized spacial score (nSPS) is 19.3. The van der Waals surface area contributed by atoms with Gasteiger partial charge in [0.25, 0.3) is 0 Å². The molecule has 9 atom stereocenters. The molecule has 9 unspecified atom stereocenters. The summed E-state index contributed by atoms with van der Waals surface area (Å²) < 4.78 is 11.2. The van der Waals surface area contributed by atoms with Gasteiger partial charge in [-0.25, -0.2) is 0 Å². The van der Waals surface area contributed by atoms with E-state index in [4.69, 9.17) is 9.47 Å². The summed E-state index contributed by atoms with van der Waals surface area (Å²) in [5.41, 5.74) is 0. The number of ether oxygens (including phenoxy) is 2. The summed E-state index contributed by atoms with van der Waals surface area (Å²) in [7, 11) is 0. The summed E-state index contributed by atoms with van der Waals surface area (Å²) >= 11 is 0.